The first-order valence-corrected chi connectivity index (χ1v) is 6.66. The van der Waals surface area contributed by atoms with Crippen LogP contribution >= 0.6 is 0 Å². The highest BCUT2D eigenvalue weighted by atomic mass is 16.5. The molecule has 0 unspecified atom stereocenters. The summed E-state index contributed by atoms with van der Waals surface area (Å²) in [6.45, 7) is 0.814. The Labute approximate surface area is 121 Å². The van der Waals surface area contributed by atoms with Crippen molar-refractivity contribution >= 4 is 16.6 Å². The third-order valence-electron chi connectivity index (χ3n) is 3.19. The Morgan fingerprint density at radius 2 is 2.00 bits per heavy atom. The van der Waals surface area contributed by atoms with Gasteiger partial charge < -0.3 is 10.5 Å². The second-order valence-electron chi connectivity index (χ2n) is 4.68. The zero-order valence-corrected chi connectivity index (χ0v) is 11.4. The van der Waals surface area contributed by atoms with Crippen LogP contribution in [0.4, 0.5) is 5.69 Å². The molecule has 3 rings (SSSR count). The van der Waals surface area contributed by atoms with E-state index in [-0.39, 0.29) is 5.56 Å². The van der Waals surface area contributed by atoms with Crippen molar-refractivity contribution in [1.29, 1.82) is 0 Å². The Hall–Kier alpha value is -2.82. The number of fused-ring (bicyclic) bond motifs is 1. The van der Waals surface area contributed by atoms with Gasteiger partial charge in [0.05, 0.1) is 23.8 Å². The van der Waals surface area contributed by atoms with Crippen LogP contribution in [0.15, 0.2) is 59.7 Å². The number of nitrogens with zero attached hydrogens (tertiary/aromatic N) is 2. The first-order chi connectivity index (χ1) is 10.2. The van der Waals surface area contributed by atoms with E-state index in [9.17, 15) is 4.79 Å². The molecule has 0 aliphatic carbocycles. The van der Waals surface area contributed by atoms with Crippen molar-refractivity contribution in [3.05, 3.63) is 65.2 Å². The van der Waals surface area contributed by atoms with Gasteiger partial charge in [0, 0.05) is 11.8 Å². The number of aromatic nitrogens is 2. The molecule has 0 atom stereocenters. The average molecular weight is 281 g/mol. The van der Waals surface area contributed by atoms with Crippen LogP contribution in [0.5, 0.6) is 5.75 Å². The number of ether oxygens (including phenoxy) is 1. The second-order valence-corrected chi connectivity index (χ2v) is 4.68. The molecule has 3 aromatic rings. The van der Waals surface area contributed by atoms with E-state index >= 15 is 0 Å². The maximum atomic E-state index is 12.3. The van der Waals surface area contributed by atoms with Crippen molar-refractivity contribution in [2.24, 2.45) is 0 Å². The lowest BCUT2D eigenvalue weighted by molar-refractivity contribution is 0.296. The van der Waals surface area contributed by atoms with Crippen LogP contribution in [0, 0.1) is 0 Å². The fourth-order valence-electron chi connectivity index (χ4n) is 2.13. The fourth-order valence-corrected chi connectivity index (χ4v) is 2.13. The molecule has 0 saturated heterocycles. The predicted molar refractivity (Wildman–Crippen MR) is 82.4 cm³/mol. The summed E-state index contributed by atoms with van der Waals surface area (Å²) >= 11 is 0. The van der Waals surface area contributed by atoms with E-state index in [0.717, 1.165) is 0 Å². The normalized spacial score (nSPS) is 10.7. The van der Waals surface area contributed by atoms with Gasteiger partial charge in [-0.2, -0.15) is 0 Å². The molecule has 21 heavy (non-hydrogen) atoms. The molecule has 1 aromatic heterocycles. The number of hydrogen-bond donors (Lipinski definition) is 1. The number of nitrogen functional groups attached to an aromatic ring is 1. The largest absolute Gasteiger partial charge is 0.492 e. The summed E-state index contributed by atoms with van der Waals surface area (Å²) in [6, 6.07) is 14.5. The van der Waals surface area contributed by atoms with Gasteiger partial charge in [-0.3, -0.25) is 9.36 Å². The highest BCUT2D eigenvalue weighted by Crippen LogP contribution is 2.14. The Morgan fingerprint density at radius 3 is 2.86 bits per heavy atom. The van der Waals surface area contributed by atoms with E-state index in [1.165, 1.54) is 0 Å². The molecule has 0 aliphatic heterocycles. The van der Waals surface area contributed by atoms with Gasteiger partial charge in [-0.1, -0.05) is 18.2 Å². The van der Waals surface area contributed by atoms with Crippen LogP contribution in [0.3, 0.4) is 0 Å². The molecule has 0 bridgehead atoms. The van der Waals surface area contributed by atoms with Crippen LogP contribution in [-0.4, -0.2) is 16.2 Å². The molecule has 1 heterocycles. The van der Waals surface area contributed by atoms with Gasteiger partial charge in [0.15, 0.2) is 0 Å². The summed E-state index contributed by atoms with van der Waals surface area (Å²) in [5, 5.41) is 0.615. The van der Waals surface area contributed by atoms with E-state index in [2.05, 4.69) is 4.98 Å². The lowest BCUT2D eigenvalue weighted by atomic mass is 10.2. The molecular formula is C16H15N3O2. The highest BCUT2D eigenvalue weighted by Gasteiger charge is 2.03. The maximum absolute atomic E-state index is 12.3. The Bertz CT molecular complexity index is 827. The van der Waals surface area contributed by atoms with Crippen molar-refractivity contribution in [3.8, 4) is 5.75 Å². The van der Waals surface area contributed by atoms with E-state index in [0.29, 0.717) is 35.5 Å². The number of benzene rings is 2. The minimum Gasteiger partial charge on any atom is -0.492 e. The van der Waals surface area contributed by atoms with Gasteiger partial charge in [0.2, 0.25) is 0 Å². The van der Waals surface area contributed by atoms with Gasteiger partial charge in [-0.25, -0.2) is 4.98 Å². The third-order valence-corrected chi connectivity index (χ3v) is 3.19. The van der Waals surface area contributed by atoms with Crippen molar-refractivity contribution in [1.82, 2.24) is 9.55 Å². The zero-order chi connectivity index (χ0) is 14.7. The first kappa shape index (κ1) is 13.2. The molecule has 5 heteroatoms. The molecule has 2 aromatic carbocycles. The van der Waals surface area contributed by atoms with E-state index < -0.39 is 0 Å². The van der Waals surface area contributed by atoms with Crippen LogP contribution in [0.1, 0.15) is 0 Å². The molecule has 5 nitrogen and oxygen atoms in total. The van der Waals surface area contributed by atoms with E-state index in [1.54, 1.807) is 29.1 Å². The quantitative estimate of drug-likeness (QED) is 0.743. The van der Waals surface area contributed by atoms with Crippen LogP contribution in [0.25, 0.3) is 10.9 Å². The number of nitrogens with two attached hydrogens (primary N) is 1. The standard InChI is InChI=1S/C16H15N3O2/c17-12-4-3-5-13(10-12)21-9-8-19-11-18-15-7-2-1-6-14(15)16(19)20/h1-7,10-11H,8-9,17H2. The van der Waals surface area contributed by atoms with Crippen molar-refractivity contribution in [3.63, 3.8) is 0 Å². The number of anilines is 1. The minimum atomic E-state index is -0.0585. The van der Waals surface area contributed by atoms with Gasteiger partial charge >= 0.3 is 0 Å². The monoisotopic (exact) mass is 281 g/mol. The summed E-state index contributed by atoms with van der Waals surface area (Å²) in [6.07, 6.45) is 1.55. The molecule has 0 fully saturated rings. The van der Waals surface area contributed by atoms with Crippen LogP contribution in [0.2, 0.25) is 0 Å². The van der Waals surface area contributed by atoms with Gasteiger partial charge in [0.1, 0.15) is 12.4 Å². The van der Waals surface area contributed by atoms with Crippen molar-refractivity contribution in [2.75, 3.05) is 12.3 Å². The third kappa shape index (κ3) is 2.86. The SMILES string of the molecule is Nc1cccc(OCCn2cnc3ccccc3c2=O)c1. The fraction of sp³-hybridized carbons (Fsp3) is 0.125. The Morgan fingerprint density at radius 1 is 1.14 bits per heavy atom. The summed E-state index contributed by atoms with van der Waals surface area (Å²) < 4.78 is 7.14. The smallest absolute Gasteiger partial charge is 0.261 e. The van der Waals surface area contributed by atoms with Crippen molar-refractivity contribution < 1.29 is 4.74 Å². The minimum absolute atomic E-state index is 0.0585. The van der Waals surface area contributed by atoms with Gasteiger partial charge in [-0.05, 0) is 24.3 Å². The zero-order valence-electron chi connectivity index (χ0n) is 11.4. The molecule has 2 N–H and O–H groups in total. The molecule has 0 radical (unpaired) electrons. The number of hydrogen-bond acceptors (Lipinski definition) is 4. The molecular weight excluding hydrogens is 266 g/mol. The molecule has 0 aliphatic rings. The predicted octanol–water partition coefficient (Wildman–Crippen LogP) is 2.06. The summed E-state index contributed by atoms with van der Waals surface area (Å²) in [5.74, 6) is 0.691. The first-order valence-electron chi connectivity index (χ1n) is 6.66. The van der Waals surface area contributed by atoms with Crippen molar-refractivity contribution in [2.45, 2.75) is 6.54 Å². The Kier molecular flexibility index (Phi) is 3.55. The second kappa shape index (κ2) is 5.66. The summed E-state index contributed by atoms with van der Waals surface area (Å²) in [5.41, 5.74) is 6.98. The van der Waals surface area contributed by atoms with Gasteiger partial charge in [-0.15, -0.1) is 0 Å². The molecule has 0 spiro atoms. The molecule has 0 saturated carbocycles. The van der Waals surface area contributed by atoms with Gasteiger partial charge in [0.25, 0.3) is 5.56 Å². The lowest BCUT2D eigenvalue weighted by Crippen LogP contribution is -2.23. The van der Waals surface area contributed by atoms with Crippen LogP contribution < -0.4 is 16.0 Å². The maximum Gasteiger partial charge on any atom is 0.261 e. The Balaban J connectivity index is 1.74. The molecule has 106 valence electrons. The van der Waals surface area contributed by atoms with Crippen LogP contribution in [-0.2, 0) is 6.54 Å². The summed E-state index contributed by atoms with van der Waals surface area (Å²) in [7, 11) is 0. The lowest BCUT2D eigenvalue weighted by Gasteiger charge is -2.09. The highest BCUT2D eigenvalue weighted by molar-refractivity contribution is 5.76. The van der Waals surface area contributed by atoms with E-state index in [4.69, 9.17) is 10.5 Å². The number of rotatable bonds is 4. The topological polar surface area (TPSA) is 70.1 Å². The summed E-state index contributed by atoms with van der Waals surface area (Å²) in [4.78, 5) is 16.5. The average Bonchev–Trinajstić information content (AvgIpc) is 2.50. The molecule has 0 amide bonds. The van der Waals surface area contributed by atoms with E-state index in [1.807, 2.05) is 30.3 Å². The number of para-hydroxylation sites is 1.